The van der Waals surface area contributed by atoms with Gasteiger partial charge in [0.25, 0.3) is 0 Å². The molecule has 0 aliphatic carbocycles. The van der Waals surface area contributed by atoms with Crippen molar-refractivity contribution in [3.63, 3.8) is 0 Å². The fraction of sp³-hybridized carbons (Fsp3) is 0.357. The lowest BCUT2D eigenvalue weighted by Crippen LogP contribution is -2.22. The Morgan fingerprint density at radius 2 is 2.33 bits per heavy atom. The molecular formula is C14H16N6S. The van der Waals surface area contributed by atoms with E-state index in [-0.39, 0.29) is 0 Å². The van der Waals surface area contributed by atoms with Crippen LogP contribution in [0.3, 0.4) is 0 Å². The van der Waals surface area contributed by atoms with Gasteiger partial charge in [-0.1, -0.05) is 0 Å². The maximum absolute atomic E-state index is 4.74. The third kappa shape index (κ3) is 2.28. The summed E-state index contributed by atoms with van der Waals surface area (Å²) in [5, 5.41) is 16.0. The van der Waals surface area contributed by atoms with Gasteiger partial charge >= 0.3 is 0 Å². The number of H-pyrrole nitrogens is 1. The summed E-state index contributed by atoms with van der Waals surface area (Å²) in [7, 11) is 0. The molecule has 21 heavy (non-hydrogen) atoms. The average molecular weight is 300 g/mol. The Labute approximate surface area is 126 Å². The molecule has 6 nitrogen and oxygen atoms in total. The van der Waals surface area contributed by atoms with Crippen molar-refractivity contribution in [2.45, 2.75) is 19.4 Å². The zero-order valence-electron chi connectivity index (χ0n) is 11.7. The molecule has 1 aliphatic heterocycles. The van der Waals surface area contributed by atoms with Crippen LogP contribution < -0.4 is 10.6 Å². The molecule has 1 atom stereocenters. The number of rotatable bonds is 3. The Kier molecular flexibility index (Phi) is 3.08. The molecule has 1 saturated heterocycles. The largest absolute Gasteiger partial charge is 0.365 e. The van der Waals surface area contributed by atoms with Gasteiger partial charge in [0, 0.05) is 18.3 Å². The standard InChI is InChI=1S/C14H16N6S/c1-8-10(7-16-20-8)13-18-11-3-5-21-12(11)14(19-13)17-9-2-4-15-6-9/h3,5,7,9,15H,2,4,6H2,1H3,(H,16,20)(H,17,18,19)/t9-/m1/s1. The molecule has 4 heterocycles. The topological polar surface area (TPSA) is 78.5 Å². The van der Waals surface area contributed by atoms with Crippen molar-refractivity contribution in [1.82, 2.24) is 25.5 Å². The lowest BCUT2D eigenvalue weighted by atomic mass is 10.2. The predicted octanol–water partition coefficient (Wildman–Crippen LogP) is 2.16. The number of aromatic nitrogens is 4. The van der Waals surface area contributed by atoms with E-state index in [1.807, 2.05) is 13.0 Å². The molecule has 0 spiro atoms. The lowest BCUT2D eigenvalue weighted by molar-refractivity contribution is 0.789. The van der Waals surface area contributed by atoms with E-state index in [4.69, 9.17) is 4.98 Å². The number of hydrogen-bond donors (Lipinski definition) is 3. The van der Waals surface area contributed by atoms with Crippen molar-refractivity contribution in [2.75, 3.05) is 18.4 Å². The van der Waals surface area contributed by atoms with E-state index in [1.165, 1.54) is 0 Å². The van der Waals surface area contributed by atoms with Gasteiger partial charge in [-0.05, 0) is 31.3 Å². The Hall–Kier alpha value is -1.99. The van der Waals surface area contributed by atoms with Crippen LogP contribution in [0, 0.1) is 6.92 Å². The van der Waals surface area contributed by atoms with Crippen LogP contribution in [-0.4, -0.2) is 39.3 Å². The van der Waals surface area contributed by atoms with Gasteiger partial charge in [-0.15, -0.1) is 11.3 Å². The Balaban J connectivity index is 1.80. The van der Waals surface area contributed by atoms with Crippen molar-refractivity contribution < 1.29 is 0 Å². The van der Waals surface area contributed by atoms with Crippen molar-refractivity contribution in [1.29, 1.82) is 0 Å². The first-order valence-corrected chi connectivity index (χ1v) is 7.92. The molecular weight excluding hydrogens is 284 g/mol. The van der Waals surface area contributed by atoms with Gasteiger partial charge in [0.2, 0.25) is 0 Å². The van der Waals surface area contributed by atoms with Gasteiger partial charge < -0.3 is 10.6 Å². The monoisotopic (exact) mass is 300 g/mol. The van der Waals surface area contributed by atoms with E-state index >= 15 is 0 Å². The Bertz CT molecular complexity index is 771. The fourth-order valence-corrected chi connectivity index (χ4v) is 3.41. The summed E-state index contributed by atoms with van der Waals surface area (Å²) in [6.45, 7) is 4.03. The van der Waals surface area contributed by atoms with Gasteiger partial charge in [0.1, 0.15) is 5.82 Å². The average Bonchev–Trinajstić information content (AvgIpc) is 3.18. The predicted molar refractivity (Wildman–Crippen MR) is 84.6 cm³/mol. The minimum absolute atomic E-state index is 0.434. The van der Waals surface area contributed by atoms with Crippen LogP contribution in [0.15, 0.2) is 17.6 Å². The normalized spacial score (nSPS) is 18.4. The first-order valence-electron chi connectivity index (χ1n) is 7.04. The third-order valence-corrected chi connectivity index (χ3v) is 4.69. The second-order valence-electron chi connectivity index (χ2n) is 5.27. The van der Waals surface area contributed by atoms with Crippen molar-refractivity contribution in [2.24, 2.45) is 0 Å². The van der Waals surface area contributed by atoms with E-state index in [0.717, 1.165) is 52.6 Å². The molecule has 4 rings (SSSR count). The van der Waals surface area contributed by atoms with Crippen LogP contribution in [0.1, 0.15) is 12.1 Å². The van der Waals surface area contributed by atoms with Crippen LogP contribution >= 0.6 is 11.3 Å². The van der Waals surface area contributed by atoms with E-state index in [2.05, 4.69) is 31.2 Å². The van der Waals surface area contributed by atoms with Gasteiger partial charge in [0.15, 0.2) is 5.82 Å². The quantitative estimate of drug-likeness (QED) is 0.691. The molecule has 3 N–H and O–H groups in total. The van der Waals surface area contributed by atoms with Gasteiger partial charge in [-0.2, -0.15) is 5.10 Å². The highest BCUT2D eigenvalue weighted by Gasteiger charge is 2.18. The summed E-state index contributed by atoms with van der Waals surface area (Å²) in [5.74, 6) is 1.65. The lowest BCUT2D eigenvalue weighted by Gasteiger charge is -2.13. The Morgan fingerprint density at radius 1 is 1.38 bits per heavy atom. The number of nitrogens with one attached hydrogen (secondary N) is 3. The number of aromatic amines is 1. The SMILES string of the molecule is Cc1[nH]ncc1-c1nc(N[C@@H]2CCNC2)c2sccc2n1. The third-order valence-electron chi connectivity index (χ3n) is 3.78. The van der Waals surface area contributed by atoms with Crippen LogP contribution in [-0.2, 0) is 0 Å². The number of anilines is 1. The molecule has 3 aromatic heterocycles. The summed E-state index contributed by atoms with van der Waals surface area (Å²) >= 11 is 1.68. The number of aryl methyl sites for hydroxylation is 1. The molecule has 0 saturated carbocycles. The molecule has 108 valence electrons. The van der Waals surface area contributed by atoms with E-state index in [0.29, 0.717) is 6.04 Å². The summed E-state index contributed by atoms with van der Waals surface area (Å²) in [6.07, 6.45) is 2.90. The molecule has 0 unspecified atom stereocenters. The second-order valence-corrected chi connectivity index (χ2v) is 6.19. The van der Waals surface area contributed by atoms with Crippen molar-refractivity contribution in [3.05, 3.63) is 23.3 Å². The van der Waals surface area contributed by atoms with Crippen LogP contribution in [0.4, 0.5) is 5.82 Å². The zero-order chi connectivity index (χ0) is 14.2. The number of thiophene rings is 1. The van der Waals surface area contributed by atoms with E-state index in [1.54, 1.807) is 17.5 Å². The Morgan fingerprint density at radius 3 is 3.10 bits per heavy atom. The summed E-state index contributed by atoms with van der Waals surface area (Å²) < 4.78 is 1.12. The molecule has 1 aliphatic rings. The maximum atomic E-state index is 4.74. The van der Waals surface area contributed by atoms with Crippen LogP contribution in [0.2, 0.25) is 0 Å². The highest BCUT2D eigenvalue weighted by molar-refractivity contribution is 7.17. The van der Waals surface area contributed by atoms with E-state index < -0.39 is 0 Å². The first-order chi connectivity index (χ1) is 10.3. The highest BCUT2D eigenvalue weighted by Crippen LogP contribution is 2.30. The molecule has 0 amide bonds. The van der Waals surface area contributed by atoms with Gasteiger partial charge in [-0.25, -0.2) is 9.97 Å². The minimum Gasteiger partial charge on any atom is -0.365 e. The zero-order valence-corrected chi connectivity index (χ0v) is 12.5. The first kappa shape index (κ1) is 12.7. The maximum Gasteiger partial charge on any atom is 0.165 e. The molecule has 0 bridgehead atoms. The minimum atomic E-state index is 0.434. The number of hydrogen-bond acceptors (Lipinski definition) is 6. The van der Waals surface area contributed by atoms with Gasteiger partial charge in [-0.3, -0.25) is 5.10 Å². The van der Waals surface area contributed by atoms with E-state index in [9.17, 15) is 0 Å². The highest BCUT2D eigenvalue weighted by atomic mass is 32.1. The number of fused-ring (bicyclic) bond motifs is 1. The molecule has 3 aromatic rings. The second kappa shape index (κ2) is 5.09. The van der Waals surface area contributed by atoms with Crippen LogP contribution in [0.5, 0.6) is 0 Å². The molecule has 1 fully saturated rings. The summed E-state index contributed by atoms with van der Waals surface area (Å²) in [6, 6.07) is 2.47. The summed E-state index contributed by atoms with van der Waals surface area (Å²) in [5.41, 5.74) is 2.92. The van der Waals surface area contributed by atoms with Crippen LogP contribution in [0.25, 0.3) is 21.6 Å². The summed E-state index contributed by atoms with van der Waals surface area (Å²) in [4.78, 5) is 9.40. The fourth-order valence-electron chi connectivity index (χ4n) is 2.63. The number of nitrogens with zero attached hydrogens (tertiary/aromatic N) is 3. The molecule has 0 radical (unpaired) electrons. The molecule has 7 heteroatoms. The van der Waals surface area contributed by atoms with Gasteiger partial charge in [0.05, 0.1) is 22.0 Å². The van der Waals surface area contributed by atoms with Crippen molar-refractivity contribution >= 4 is 27.4 Å². The smallest absolute Gasteiger partial charge is 0.165 e. The van der Waals surface area contributed by atoms with Crippen molar-refractivity contribution in [3.8, 4) is 11.4 Å². The molecule has 0 aromatic carbocycles.